The molecular formula is C17H28OSi. The fourth-order valence-corrected chi connectivity index (χ4v) is 3.15. The van der Waals surface area contributed by atoms with E-state index in [2.05, 4.69) is 45.3 Å². The Balaban J connectivity index is 2.60. The number of Topliss-reactive ketones (excluding diaryl/α,β-unsaturated/α-hetero) is 1. The van der Waals surface area contributed by atoms with Crippen LogP contribution in [0.2, 0.25) is 25.7 Å². The number of carbonyl (C=O) groups excluding carboxylic acids is 1. The van der Waals surface area contributed by atoms with Gasteiger partial charge in [-0.05, 0) is 37.7 Å². The van der Waals surface area contributed by atoms with Crippen LogP contribution in [0.25, 0.3) is 0 Å². The van der Waals surface area contributed by atoms with Gasteiger partial charge in [-0.2, -0.15) is 0 Å². The lowest BCUT2D eigenvalue weighted by molar-refractivity contribution is -0.116. The van der Waals surface area contributed by atoms with Gasteiger partial charge in [-0.3, -0.25) is 4.79 Å². The van der Waals surface area contributed by atoms with E-state index < -0.39 is 8.07 Å². The minimum Gasteiger partial charge on any atom is -0.295 e. The zero-order valence-corrected chi connectivity index (χ0v) is 14.4. The number of ketones is 1. The van der Waals surface area contributed by atoms with Crippen molar-refractivity contribution in [2.75, 3.05) is 0 Å². The third-order valence-electron chi connectivity index (χ3n) is 4.34. The van der Waals surface area contributed by atoms with E-state index in [-0.39, 0.29) is 5.41 Å². The standard InChI is InChI=1S/C17H28OSi/c1-14-15(2)17(3,12-10-16(14)18)11-8-7-9-13-19(4,5)6/h8,10-13H2,1-6H3. The van der Waals surface area contributed by atoms with Gasteiger partial charge < -0.3 is 0 Å². The van der Waals surface area contributed by atoms with Crippen LogP contribution >= 0.6 is 0 Å². The minimum atomic E-state index is -1.03. The average molecular weight is 276 g/mol. The Hall–Kier alpha value is -0.813. The molecule has 0 aromatic carbocycles. The predicted octanol–water partition coefficient (Wildman–Crippen LogP) is 4.81. The zero-order valence-electron chi connectivity index (χ0n) is 13.4. The SMILES string of the molecule is CC1=C(C)C(C)(CCC#CC[Si](C)(C)C)CCC1=O. The Labute approximate surface area is 119 Å². The van der Waals surface area contributed by atoms with Gasteiger partial charge in [0.1, 0.15) is 0 Å². The highest BCUT2D eigenvalue weighted by Crippen LogP contribution is 2.42. The van der Waals surface area contributed by atoms with Crippen LogP contribution in [0.4, 0.5) is 0 Å². The van der Waals surface area contributed by atoms with Crippen molar-refractivity contribution in [3.63, 3.8) is 0 Å². The van der Waals surface area contributed by atoms with Crippen molar-refractivity contribution in [2.45, 2.75) is 72.1 Å². The molecule has 1 rings (SSSR count). The molecule has 1 aliphatic carbocycles. The molecule has 0 saturated carbocycles. The Morgan fingerprint density at radius 3 is 2.42 bits per heavy atom. The van der Waals surface area contributed by atoms with Crippen molar-refractivity contribution in [3.8, 4) is 11.8 Å². The molecule has 0 N–H and O–H groups in total. The summed E-state index contributed by atoms with van der Waals surface area (Å²) in [7, 11) is -1.03. The van der Waals surface area contributed by atoms with E-state index in [1.165, 1.54) is 5.57 Å². The van der Waals surface area contributed by atoms with Gasteiger partial charge in [0, 0.05) is 18.9 Å². The van der Waals surface area contributed by atoms with Crippen LogP contribution in [0.1, 0.15) is 46.5 Å². The van der Waals surface area contributed by atoms with Crippen molar-refractivity contribution < 1.29 is 4.79 Å². The Kier molecular flexibility index (Phi) is 5.21. The normalized spacial score (nSPS) is 24.2. The van der Waals surface area contributed by atoms with Gasteiger partial charge in [-0.25, -0.2) is 0 Å². The second kappa shape index (κ2) is 6.09. The first-order valence-electron chi connectivity index (χ1n) is 7.33. The third-order valence-corrected chi connectivity index (χ3v) is 5.57. The topological polar surface area (TPSA) is 17.1 Å². The van der Waals surface area contributed by atoms with Crippen LogP contribution in [-0.4, -0.2) is 13.9 Å². The summed E-state index contributed by atoms with van der Waals surface area (Å²) in [6.07, 6.45) is 3.74. The summed E-state index contributed by atoms with van der Waals surface area (Å²) in [6.45, 7) is 13.5. The average Bonchev–Trinajstić information content (AvgIpc) is 2.30. The number of hydrogen-bond acceptors (Lipinski definition) is 1. The fraction of sp³-hybridized carbons (Fsp3) is 0.706. The Morgan fingerprint density at radius 1 is 1.21 bits per heavy atom. The summed E-state index contributed by atoms with van der Waals surface area (Å²) in [6, 6.07) is 1.09. The van der Waals surface area contributed by atoms with E-state index in [1.54, 1.807) is 0 Å². The van der Waals surface area contributed by atoms with Crippen LogP contribution < -0.4 is 0 Å². The Bertz CT molecular complexity index is 442. The maximum absolute atomic E-state index is 11.7. The monoisotopic (exact) mass is 276 g/mol. The van der Waals surface area contributed by atoms with Crippen molar-refractivity contribution in [1.82, 2.24) is 0 Å². The van der Waals surface area contributed by atoms with Crippen LogP contribution in [0, 0.1) is 17.3 Å². The summed E-state index contributed by atoms with van der Waals surface area (Å²) in [5.74, 6) is 7.02. The minimum absolute atomic E-state index is 0.186. The van der Waals surface area contributed by atoms with Gasteiger partial charge in [0.05, 0.1) is 8.07 Å². The highest BCUT2D eigenvalue weighted by atomic mass is 28.3. The molecule has 1 nitrogen and oxygen atoms in total. The summed E-state index contributed by atoms with van der Waals surface area (Å²) in [5, 5.41) is 0. The molecule has 19 heavy (non-hydrogen) atoms. The molecule has 0 saturated heterocycles. The Morgan fingerprint density at radius 2 is 1.84 bits per heavy atom. The molecule has 0 spiro atoms. The summed E-state index contributed by atoms with van der Waals surface area (Å²) in [5.41, 5.74) is 2.46. The first-order valence-corrected chi connectivity index (χ1v) is 11.0. The lowest BCUT2D eigenvalue weighted by Crippen LogP contribution is -2.26. The molecule has 0 aromatic heterocycles. The smallest absolute Gasteiger partial charge is 0.158 e. The van der Waals surface area contributed by atoms with Gasteiger partial charge in [0.25, 0.3) is 0 Å². The number of carbonyl (C=O) groups is 1. The molecule has 2 heteroatoms. The van der Waals surface area contributed by atoms with Crippen LogP contribution in [0.3, 0.4) is 0 Å². The molecule has 0 aromatic rings. The maximum Gasteiger partial charge on any atom is 0.158 e. The molecule has 0 aliphatic heterocycles. The molecule has 1 aliphatic rings. The van der Waals surface area contributed by atoms with Crippen molar-refractivity contribution >= 4 is 13.9 Å². The fourth-order valence-electron chi connectivity index (χ4n) is 2.49. The zero-order chi connectivity index (χ0) is 14.7. The lowest BCUT2D eigenvalue weighted by atomic mass is 9.69. The predicted molar refractivity (Wildman–Crippen MR) is 85.9 cm³/mol. The molecule has 0 fully saturated rings. The van der Waals surface area contributed by atoms with E-state index in [0.717, 1.165) is 30.9 Å². The van der Waals surface area contributed by atoms with Gasteiger partial charge >= 0.3 is 0 Å². The van der Waals surface area contributed by atoms with E-state index >= 15 is 0 Å². The molecule has 0 heterocycles. The second-order valence-corrected chi connectivity index (χ2v) is 12.8. The largest absolute Gasteiger partial charge is 0.295 e. The van der Waals surface area contributed by atoms with Gasteiger partial charge in [-0.15, -0.1) is 11.8 Å². The molecule has 1 unspecified atom stereocenters. The van der Waals surface area contributed by atoms with Crippen molar-refractivity contribution in [2.24, 2.45) is 5.41 Å². The molecule has 106 valence electrons. The van der Waals surface area contributed by atoms with Crippen LogP contribution in [0.5, 0.6) is 0 Å². The lowest BCUT2D eigenvalue weighted by Gasteiger charge is -2.35. The second-order valence-electron chi connectivity index (χ2n) is 7.32. The van der Waals surface area contributed by atoms with Crippen LogP contribution in [-0.2, 0) is 4.79 Å². The molecular weight excluding hydrogens is 248 g/mol. The number of hydrogen-bond donors (Lipinski definition) is 0. The quantitative estimate of drug-likeness (QED) is 0.534. The molecule has 0 amide bonds. The third kappa shape index (κ3) is 4.65. The molecule has 0 bridgehead atoms. The van der Waals surface area contributed by atoms with Crippen LogP contribution in [0.15, 0.2) is 11.1 Å². The summed E-state index contributed by atoms with van der Waals surface area (Å²) in [4.78, 5) is 11.7. The first kappa shape index (κ1) is 16.2. The van der Waals surface area contributed by atoms with Gasteiger partial charge in [-0.1, -0.05) is 32.1 Å². The van der Waals surface area contributed by atoms with Crippen molar-refractivity contribution in [3.05, 3.63) is 11.1 Å². The first-order chi connectivity index (χ1) is 8.66. The van der Waals surface area contributed by atoms with E-state index in [4.69, 9.17) is 0 Å². The highest BCUT2D eigenvalue weighted by Gasteiger charge is 2.32. The van der Waals surface area contributed by atoms with Crippen molar-refractivity contribution in [1.29, 1.82) is 0 Å². The van der Waals surface area contributed by atoms with Gasteiger partial charge in [0.15, 0.2) is 5.78 Å². The summed E-state index contributed by atoms with van der Waals surface area (Å²) >= 11 is 0. The number of rotatable bonds is 3. The molecule has 0 radical (unpaired) electrons. The summed E-state index contributed by atoms with van der Waals surface area (Å²) < 4.78 is 0. The maximum atomic E-state index is 11.7. The van der Waals surface area contributed by atoms with E-state index in [0.29, 0.717) is 12.2 Å². The van der Waals surface area contributed by atoms with Gasteiger partial charge in [0.2, 0.25) is 0 Å². The number of allylic oxidation sites excluding steroid dienone is 2. The highest BCUT2D eigenvalue weighted by molar-refractivity contribution is 6.76. The molecule has 1 atom stereocenters. The van der Waals surface area contributed by atoms with E-state index in [9.17, 15) is 4.79 Å². The van der Waals surface area contributed by atoms with E-state index in [1.807, 2.05) is 6.92 Å².